The van der Waals surface area contributed by atoms with Crippen LogP contribution in [0.5, 0.6) is 5.75 Å². The minimum absolute atomic E-state index is 0.555. The molecule has 2 aromatic rings. The summed E-state index contributed by atoms with van der Waals surface area (Å²) in [6.07, 6.45) is 1.55. The molecule has 0 fully saturated rings. The Morgan fingerprint density at radius 2 is 2.27 bits per heavy atom. The van der Waals surface area contributed by atoms with E-state index >= 15 is 0 Å². The van der Waals surface area contributed by atoms with E-state index in [0.717, 1.165) is 23.0 Å². The van der Waals surface area contributed by atoms with E-state index in [9.17, 15) is 0 Å². The van der Waals surface area contributed by atoms with Crippen molar-refractivity contribution < 1.29 is 9.26 Å². The van der Waals surface area contributed by atoms with Gasteiger partial charge in [-0.05, 0) is 18.2 Å². The van der Waals surface area contributed by atoms with E-state index in [1.54, 1.807) is 26.5 Å². The van der Waals surface area contributed by atoms with E-state index < -0.39 is 0 Å². The number of nitrogens with one attached hydrogen (secondary N) is 1. The standard InChI is InChI=1S/C15H19ClN4O2/c1-17-15(20(2)10-13-6-7-22-19-13)18-9-11-8-12(16)4-5-14(11)21-3/h4-8H,9-10H2,1-3H3,(H,17,18). The van der Waals surface area contributed by atoms with Gasteiger partial charge in [-0.2, -0.15) is 0 Å². The number of rotatable bonds is 5. The lowest BCUT2D eigenvalue weighted by molar-refractivity contribution is 0.390. The molecule has 22 heavy (non-hydrogen) atoms. The van der Waals surface area contributed by atoms with Gasteiger partial charge < -0.3 is 19.5 Å². The van der Waals surface area contributed by atoms with E-state index in [0.29, 0.717) is 18.1 Å². The van der Waals surface area contributed by atoms with Gasteiger partial charge in [-0.1, -0.05) is 16.8 Å². The first kappa shape index (κ1) is 16.2. The van der Waals surface area contributed by atoms with Crippen LogP contribution >= 0.6 is 11.6 Å². The summed E-state index contributed by atoms with van der Waals surface area (Å²) in [5.41, 5.74) is 1.80. The highest BCUT2D eigenvalue weighted by Gasteiger charge is 2.10. The second-order valence-corrected chi connectivity index (χ2v) is 5.14. The molecule has 1 aromatic heterocycles. The molecular weight excluding hydrogens is 304 g/mol. The van der Waals surface area contributed by atoms with Crippen molar-refractivity contribution in [2.45, 2.75) is 13.1 Å². The molecule has 0 unspecified atom stereocenters. The van der Waals surface area contributed by atoms with Crippen molar-refractivity contribution in [3.8, 4) is 5.75 Å². The third kappa shape index (κ3) is 4.14. The molecule has 0 aliphatic carbocycles. The van der Waals surface area contributed by atoms with Gasteiger partial charge in [0.1, 0.15) is 17.7 Å². The smallest absolute Gasteiger partial charge is 0.194 e. The number of hydrogen-bond acceptors (Lipinski definition) is 4. The van der Waals surface area contributed by atoms with E-state index in [2.05, 4.69) is 15.5 Å². The minimum Gasteiger partial charge on any atom is -0.496 e. The molecule has 2 rings (SSSR count). The maximum atomic E-state index is 6.04. The van der Waals surface area contributed by atoms with E-state index in [1.165, 1.54) is 0 Å². The highest BCUT2D eigenvalue weighted by molar-refractivity contribution is 6.30. The third-order valence-electron chi connectivity index (χ3n) is 3.14. The van der Waals surface area contributed by atoms with Crippen molar-refractivity contribution in [2.75, 3.05) is 21.2 Å². The molecule has 1 heterocycles. The van der Waals surface area contributed by atoms with Gasteiger partial charge >= 0.3 is 0 Å². The zero-order chi connectivity index (χ0) is 15.9. The van der Waals surface area contributed by atoms with Gasteiger partial charge in [-0.3, -0.25) is 4.99 Å². The second kappa shape index (κ2) is 7.70. The van der Waals surface area contributed by atoms with Crippen LogP contribution in [0, 0.1) is 0 Å². The summed E-state index contributed by atoms with van der Waals surface area (Å²) in [5.74, 6) is 1.52. The van der Waals surface area contributed by atoms with E-state index in [4.69, 9.17) is 20.9 Å². The summed E-state index contributed by atoms with van der Waals surface area (Å²) in [4.78, 5) is 6.21. The van der Waals surface area contributed by atoms with Crippen molar-refractivity contribution in [1.82, 2.24) is 15.4 Å². The highest BCUT2D eigenvalue weighted by Crippen LogP contribution is 2.22. The van der Waals surface area contributed by atoms with Crippen molar-refractivity contribution in [1.29, 1.82) is 0 Å². The Balaban J connectivity index is 2.00. The lowest BCUT2D eigenvalue weighted by atomic mass is 10.2. The number of nitrogens with zero attached hydrogens (tertiary/aromatic N) is 3. The number of guanidine groups is 1. The molecule has 7 heteroatoms. The Morgan fingerprint density at radius 3 is 2.91 bits per heavy atom. The fourth-order valence-electron chi connectivity index (χ4n) is 2.08. The van der Waals surface area contributed by atoms with E-state index in [1.807, 2.05) is 30.1 Å². The van der Waals surface area contributed by atoms with Crippen LogP contribution in [0.2, 0.25) is 5.02 Å². The normalized spacial score (nSPS) is 11.4. The number of methoxy groups -OCH3 is 1. The first-order valence-electron chi connectivity index (χ1n) is 6.77. The molecule has 0 aliphatic heterocycles. The Morgan fingerprint density at radius 1 is 1.45 bits per heavy atom. The van der Waals surface area contributed by atoms with Crippen LogP contribution in [-0.4, -0.2) is 37.2 Å². The Kier molecular flexibility index (Phi) is 5.66. The van der Waals surface area contributed by atoms with Gasteiger partial charge in [0.05, 0.1) is 13.7 Å². The molecule has 0 saturated heterocycles. The van der Waals surface area contributed by atoms with Gasteiger partial charge in [-0.15, -0.1) is 0 Å². The average molecular weight is 323 g/mol. The summed E-state index contributed by atoms with van der Waals surface area (Å²) in [6, 6.07) is 7.35. The molecule has 0 spiro atoms. The summed E-state index contributed by atoms with van der Waals surface area (Å²) >= 11 is 6.04. The summed E-state index contributed by atoms with van der Waals surface area (Å²) < 4.78 is 10.2. The predicted molar refractivity (Wildman–Crippen MR) is 86.2 cm³/mol. The van der Waals surface area contributed by atoms with Gasteiger partial charge in [0.2, 0.25) is 0 Å². The first-order chi connectivity index (χ1) is 10.6. The Bertz CT molecular complexity index is 628. The lowest BCUT2D eigenvalue weighted by Crippen LogP contribution is -2.38. The number of hydrogen-bond donors (Lipinski definition) is 1. The molecule has 1 aromatic carbocycles. The summed E-state index contributed by atoms with van der Waals surface area (Å²) in [7, 11) is 5.30. The molecule has 118 valence electrons. The third-order valence-corrected chi connectivity index (χ3v) is 3.38. The molecule has 0 saturated carbocycles. The SMILES string of the molecule is CN=C(NCc1cc(Cl)ccc1OC)N(C)Cc1ccon1. The number of halogens is 1. The number of ether oxygens (including phenoxy) is 1. The predicted octanol–water partition coefficient (Wildman–Crippen LogP) is 2.54. The van der Waals surface area contributed by atoms with Crippen molar-refractivity contribution >= 4 is 17.6 Å². The zero-order valence-electron chi connectivity index (χ0n) is 12.8. The molecule has 0 aliphatic rings. The van der Waals surface area contributed by atoms with Crippen LogP contribution in [0.4, 0.5) is 0 Å². The van der Waals surface area contributed by atoms with Gasteiger partial charge in [-0.25, -0.2) is 0 Å². The van der Waals surface area contributed by atoms with Gasteiger partial charge in [0.25, 0.3) is 0 Å². The Labute approximate surface area is 134 Å². The van der Waals surface area contributed by atoms with E-state index in [-0.39, 0.29) is 0 Å². The van der Waals surface area contributed by atoms with Crippen LogP contribution in [0.3, 0.4) is 0 Å². The minimum atomic E-state index is 0.555. The van der Waals surface area contributed by atoms with Gasteiger partial charge in [0, 0.05) is 37.3 Å². The molecule has 0 atom stereocenters. The lowest BCUT2D eigenvalue weighted by Gasteiger charge is -2.21. The molecule has 0 radical (unpaired) electrons. The molecule has 0 amide bonds. The van der Waals surface area contributed by atoms with Crippen LogP contribution < -0.4 is 10.1 Å². The zero-order valence-corrected chi connectivity index (χ0v) is 13.6. The molecular formula is C15H19ClN4O2. The fraction of sp³-hybridized carbons (Fsp3) is 0.333. The summed E-state index contributed by atoms with van der Waals surface area (Å²) in [5, 5.41) is 7.84. The van der Waals surface area contributed by atoms with Gasteiger partial charge in [0.15, 0.2) is 5.96 Å². The van der Waals surface area contributed by atoms with Crippen molar-refractivity contribution in [3.05, 3.63) is 46.8 Å². The largest absolute Gasteiger partial charge is 0.496 e. The van der Waals surface area contributed by atoms with Crippen LogP contribution in [0.25, 0.3) is 0 Å². The van der Waals surface area contributed by atoms with Crippen molar-refractivity contribution in [2.24, 2.45) is 4.99 Å². The average Bonchev–Trinajstić information content (AvgIpc) is 3.01. The van der Waals surface area contributed by atoms with Crippen LogP contribution in [0.1, 0.15) is 11.3 Å². The second-order valence-electron chi connectivity index (χ2n) is 4.70. The number of aromatic nitrogens is 1. The molecule has 0 bridgehead atoms. The van der Waals surface area contributed by atoms with Crippen LogP contribution in [-0.2, 0) is 13.1 Å². The fourth-order valence-corrected chi connectivity index (χ4v) is 2.28. The molecule has 1 N–H and O–H groups in total. The quantitative estimate of drug-likeness (QED) is 0.677. The monoisotopic (exact) mass is 322 g/mol. The van der Waals surface area contributed by atoms with Crippen molar-refractivity contribution in [3.63, 3.8) is 0 Å². The number of aliphatic imine (C=N–C) groups is 1. The maximum absolute atomic E-state index is 6.04. The first-order valence-corrected chi connectivity index (χ1v) is 7.15. The number of benzene rings is 1. The molecule has 6 nitrogen and oxygen atoms in total. The Hall–Kier alpha value is -2.21. The van der Waals surface area contributed by atoms with Crippen LogP contribution in [0.15, 0.2) is 40.0 Å². The summed E-state index contributed by atoms with van der Waals surface area (Å²) in [6.45, 7) is 1.16. The highest BCUT2D eigenvalue weighted by atomic mass is 35.5. The topological polar surface area (TPSA) is 62.9 Å². The maximum Gasteiger partial charge on any atom is 0.194 e.